The first-order valence-electron chi connectivity index (χ1n) is 6.81. The van der Waals surface area contributed by atoms with Gasteiger partial charge in [-0.3, -0.25) is 11.3 Å². The number of pyridine rings is 1. The zero-order valence-electron chi connectivity index (χ0n) is 12.1. The summed E-state index contributed by atoms with van der Waals surface area (Å²) in [5.41, 5.74) is 13.7. The van der Waals surface area contributed by atoms with Crippen LogP contribution in [0.5, 0.6) is 0 Å². The molecule has 1 unspecified atom stereocenters. The van der Waals surface area contributed by atoms with Gasteiger partial charge in [0.15, 0.2) is 0 Å². The van der Waals surface area contributed by atoms with Crippen LogP contribution in [0.25, 0.3) is 0 Å². The van der Waals surface area contributed by atoms with Crippen molar-refractivity contribution in [1.82, 2.24) is 10.4 Å². The van der Waals surface area contributed by atoms with Crippen LogP contribution in [-0.2, 0) is 12.8 Å². The Morgan fingerprint density at radius 3 is 2.60 bits per heavy atom. The van der Waals surface area contributed by atoms with Gasteiger partial charge in [0.25, 0.3) is 0 Å². The Bertz CT molecular complexity index is 580. The van der Waals surface area contributed by atoms with Crippen molar-refractivity contribution in [2.24, 2.45) is 5.84 Å². The van der Waals surface area contributed by atoms with Crippen LogP contribution in [0.1, 0.15) is 22.3 Å². The van der Waals surface area contributed by atoms with Gasteiger partial charge in [0.05, 0.1) is 0 Å². The van der Waals surface area contributed by atoms with Gasteiger partial charge in [-0.15, -0.1) is 0 Å². The number of nitrogens with zero attached hydrogens (tertiary/aromatic N) is 1. The lowest BCUT2D eigenvalue weighted by Crippen LogP contribution is -2.38. The van der Waals surface area contributed by atoms with Crippen molar-refractivity contribution >= 4 is 5.82 Å². The summed E-state index contributed by atoms with van der Waals surface area (Å²) in [5, 5.41) is 0. The predicted octanol–water partition coefficient (Wildman–Crippen LogP) is 1.90. The summed E-state index contributed by atoms with van der Waals surface area (Å²) in [7, 11) is 0. The van der Waals surface area contributed by atoms with Crippen molar-refractivity contribution in [2.45, 2.75) is 32.7 Å². The minimum Gasteiger partial charge on any atom is -0.383 e. The van der Waals surface area contributed by atoms with E-state index in [4.69, 9.17) is 11.6 Å². The Morgan fingerprint density at radius 2 is 1.95 bits per heavy atom. The van der Waals surface area contributed by atoms with E-state index in [0.717, 1.165) is 18.4 Å². The number of aromatic nitrogens is 1. The van der Waals surface area contributed by atoms with Crippen molar-refractivity contribution < 1.29 is 0 Å². The number of benzene rings is 1. The minimum atomic E-state index is 0.142. The molecule has 1 heterocycles. The largest absolute Gasteiger partial charge is 0.383 e. The summed E-state index contributed by atoms with van der Waals surface area (Å²) in [6, 6.07) is 10.5. The summed E-state index contributed by atoms with van der Waals surface area (Å²) in [4.78, 5) is 4.11. The Morgan fingerprint density at radius 1 is 1.15 bits per heavy atom. The van der Waals surface area contributed by atoms with E-state index in [9.17, 15) is 0 Å². The fourth-order valence-corrected chi connectivity index (χ4v) is 2.29. The van der Waals surface area contributed by atoms with E-state index in [2.05, 4.69) is 42.5 Å². The van der Waals surface area contributed by atoms with Crippen molar-refractivity contribution in [1.29, 1.82) is 0 Å². The fraction of sp³-hybridized carbons (Fsp3) is 0.312. The molecule has 0 amide bonds. The summed E-state index contributed by atoms with van der Waals surface area (Å²) in [5.74, 6) is 6.25. The van der Waals surface area contributed by atoms with E-state index in [1.807, 2.05) is 12.1 Å². The zero-order valence-corrected chi connectivity index (χ0v) is 12.1. The Balaban J connectivity index is 2.09. The van der Waals surface area contributed by atoms with E-state index < -0.39 is 0 Å². The molecule has 0 aliphatic heterocycles. The zero-order chi connectivity index (χ0) is 14.5. The van der Waals surface area contributed by atoms with Gasteiger partial charge in [-0.2, -0.15) is 0 Å². The molecule has 0 bridgehead atoms. The van der Waals surface area contributed by atoms with E-state index in [1.54, 1.807) is 6.20 Å². The number of hydrogen-bond donors (Lipinski definition) is 3. The van der Waals surface area contributed by atoms with Crippen molar-refractivity contribution in [3.63, 3.8) is 0 Å². The van der Waals surface area contributed by atoms with Gasteiger partial charge in [-0.05, 0) is 55.0 Å². The molecular weight excluding hydrogens is 248 g/mol. The molecule has 0 saturated carbocycles. The first-order chi connectivity index (χ1) is 9.60. The highest BCUT2D eigenvalue weighted by atomic mass is 15.2. The second-order valence-corrected chi connectivity index (χ2v) is 5.24. The molecule has 5 N–H and O–H groups in total. The lowest BCUT2D eigenvalue weighted by molar-refractivity contribution is 0.522. The molecule has 0 saturated heterocycles. The monoisotopic (exact) mass is 270 g/mol. The minimum absolute atomic E-state index is 0.142. The predicted molar refractivity (Wildman–Crippen MR) is 83.1 cm³/mol. The van der Waals surface area contributed by atoms with Crippen molar-refractivity contribution in [3.05, 3.63) is 58.8 Å². The highest BCUT2D eigenvalue weighted by Crippen LogP contribution is 2.15. The maximum atomic E-state index is 5.88. The average molecular weight is 270 g/mol. The lowest BCUT2D eigenvalue weighted by atomic mass is 9.97. The van der Waals surface area contributed by atoms with Gasteiger partial charge in [0.1, 0.15) is 5.82 Å². The van der Waals surface area contributed by atoms with Crippen LogP contribution >= 0.6 is 0 Å². The van der Waals surface area contributed by atoms with Crippen LogP contribution in [0.4, 0.5) is 5.82 Å². The highest BCUT2D eigenvalue weighted by molar-refractivity contribution is 5.39. The average Bonchev–Trinajstić information content (AvgIpc) is 2.44. The Labute approximate surface area is 120 Å². The van der Waals surface area contributed by atoms with Gasteiger partial charge in [-0.25, -0.2) is 4.98 Å². The molecule has 106 valence electrons. The van der Waals surface area contributed by atoms with Crippen LogP contribution in [0.15, 0.2) is 36.5 Å². The lowest BCUT2D eigenvalue weighted by Gasteiger charge is -2.17. The highest BCUT2D eigenvalue weighted by Gasteiger charge is 2.11. The third kappa shape index (κ3) is 3.56. The molecule has 0 radical (unpaired) electrons. The molecule has 2 rings (SSSR count). The van der Waals surface area contributed by atoms with E-state index in [0.29, 0.717) is 5.82 Å². The van der Waals surface area contributed by atoms with E-state index in [-0.39, 0.29) is 6.04 Å². The van der Waals surface area contributed by atoms with Crippen LogP contribution in [0.3, 0.4) is 0 Å². The van der Waals surface area contributed by atoms with Gasteiger partial charge >= 0.3 is 0 Å². The summed E-state index contributed by atoms with van der Waals surface area (Å²) in [6.07, 6.45) is 3.34. The maximum absolute atomic E-state index is 5.88. The van der Waals surface area contributed by atoms with Gasteiger partial charge in [0.2, 0.25) is 0 Å². The first-order valence-corrected chi connectivity index (χ1v) is 6.81. The molecular formula is C16H22N4. The van der Waals surface area contributed by atoms with Crippen molar-refractivity contribution in [2.75, 3.05) is 5.73 Å². The van der Waals surface area contributed by atoms with Gasteiger partial charge in [-0.1, -0.05) is 24.3 Å². The molecule has 0 spiro atoms. The molecule has 20 heavy (non-hydrogen) atoms. The Hall–Kier alpha value is -1.91. The van der Waals surface area contributed by atoms with Crippen LogP contribution in [0.2, 0.25) is 0 Å². The molecule has 0 fully saturated rings. The number of aryl methyl sites for hydroxylation is 2. The van der Waals surface area contributed by atoms with Gasteiger partial charge < -0.3 is 5.73 Å². The Kier molecular flexibility index (Phi) is 4.71. The third-order valence-electron chi connectivity index (χ3n) is 3.68. The summed E-state index contributed by atoms with van der Waals surface area (Å²) >= 11 is 0. The van der Waals surface area contributed by atoms with E-state index >= 15 is 0 Å². The summed E-state index contributed by atoms with van der Waals surface area (Å²) in [6.45, 7) is 4.25. The number of nitrogens with two attached hydrogens (primary N) is 2. The molecule has 4 heteroatoms. The molecule has 0 aliphatic rings. The van der Waals surface area contributed by atoms with Crippen LogP contribution in [-0.4, -0.2) is 11.0 Å². The second kappa shape index (κ2) is 6.50. The number of anilines is 1. The quantitative estimate of drug-likeness (QED) is 0.573. The van der Waals surface area contributed by atoms with E-state index in [1.165, 1.54) is 16.7 Å². The second-order valence-electron chi connectivity index (χ2n) is 5.24. The van der Waals surface area contributed by atoms with Crippen LogP contribution in [0, 0.1) is 13.8 Å². The SMILES string of the molecule is Cc1ccc(CC(Cc2cccnc2N)NN)cc1C. The first kappa shape index (κ1) is 14.5. The number of nitrogen functional groups attached to an aromatic ring is 1. The molecule has 2 aromatic rings. The molecule has 1 aromatic heterocycles. The van der Waals surface area contributed by atoms with Crippen molar-refractivity contribution in [3.8, 4) is 0 Å². The number of hydrogen-bond acceptors (Lipinski definition) is 4. The number of hydrazine groups is 1. The maximum Gasteiger partial charge on any atom is 0.126 e. The third-order valence-corrected chi connectivity index (χ3v) is 3.68. The molecule has 0 aliphatic carbocycles. The normalized spacial score (nSPS) is 12.3. The summed E-state index contributed by atoms with van der Waals surface area (Å²) < 4.78 is 0. The molecule has 4 nitrogen and oxygen atoms in total. The van der Waals surface area contributed by atoms with Crippen LogP contribution < -0.4 is 17.0 Å². The topological polar surface area (TPSA) is 77.0 Å². The van der Waals surface area contributed by atoms with Gasteiger partial charge in [0, 0.05) is 12.2 Å². The molecule has 1 aromatic carbocycles. The number of nitrogens with one attached hydrogen (secondary N) is 1. The fourth-order valence-electron chi connectivity index (χ4n) is 2.29. The smallest absolute Gasteiger partial charge is 0.126 e. The number of rotatable bonds is 5. The standard InChI is InChI=1S/C16H22N4/c1-11-5-6-13(8-12(11)2)9-15(20-18)10-14-4-3-7-19-16(14)17/h3-8,15,20H,9-10,18H2,1-2H3,(H2,17,19). The molecule has 1 atom stereocenters.